The molecule has 2 N–H and O–H groups in total. The van der Waals surface area contributed by atoms with Crippen LogP contribution < -0.4 is 10.6 Å². The predicted molar refractivity (Wildman–Crippen MR) is 81.1 cm³/mol. The minimum atomic E-state index is -0.394. The van der Waals surface area contributed by atoms with Crippen molar-refractivity contribution in [3.05, 3.63) is 17.8 Å². The van der Waals surface area contributed by atoms with Crippen LogP contribution in [0.1, 0.15) is 38.2 Å². The van der Waals surface area contributed by atoms with Crippen molar-refractivity contribution < 1.29 is 9.59 Å². The van der Waals surface area contributed by atoms with E-state index in [2.05, 4.69) is 20.8 Å². The number of nitrogens with zero attached hydrogens (tertiary/aromatic N) is 3. The fraction of sp³-hybridized carbons (Fsp3) is 0.571. The zero-order valence-electron chi connectivity index (χ0n) is 13.0. The number of hydrogen-bond donors (Lipinski definition) is 2. The van der Waals surface area contributed by atoms with Crippen molar-refractivity contribution in [2.75, 3.05) is 25.0 Å². The second-order valence-corrected chi connectivity index (χ2v) is 4.54. The number of hydrogen-bond acceptors (Lipinski definition) is 5. The molecular formula is C14H23N5O2. The van der Waals surface area contributed by atoms with Crippen LogP contribution in [0.25, 0.3) is 0 Å². The maximum absolute atomic E-state index is 12.1. The Morgan fingerprint density at radius 3 is 2.33 bits per heavy atom. The van der Waals surface area contributed by atoms with Crippen LogP contribution in [0, 0.1) is 0 Å². The molecule has 21 heavy (non-hydrogen) atoms. The summed E-state index contributed by atoms with van der Waals surface area (Å²) in [6, 6.07) is 2.83. The normalized spacial score (nSPS) is 11.6. The number of nitrogens with one attached hydrogen (secondary N) is 2. The highest BCUT2D eigenvalue weighted by Gasteiger charge is 2.18. The molecule has 1 heterocycles. The molecule has 1 aromatic rings. The van der Waals surface area contributed by atoms with E-state index >= 15 is 0 Å². The first-order valence-electron chi connectivity index (χ1n) is 7.20. The maximum Gasteiger partial charge on any atom is 0.271 e. The molecule has 0 saturated heterocycles. The standard InChI is InChI=1S/C14H23N5O2/c1-5-15-13(20)11-8-9-12(18-17-11)16-10(4)14(21)19(6-2)7-3/h8-10H,5-7H2,1-4H3,(H,15,20)(H,16,18). The first-order valence-corrected chi connectivity index (χ1v) is 7.20. The number of amides is 2. The topological polar surface area (TPSA) is 87.2 Å². The first-order chi connectivity index (χ1) is 10.0. The molecule has 0 aliphatic carbocycles. The molecule has 116 valence electrons. The minimum Gasteiger partial charge on any atom is -0.357 e. The molecule has 0 aromatic carbocycles. The summed E-state index contributed by atoms with van der Waals surface area (Å²) in [4.78, 5) is 25.4. The zero-order chi connectivity index (χ0) is 15.8. The van der Waals surface area contributed by atoms with Crippen LogP contribution in [0.2, 0.25) is 0 Å². The smallest absolute Gasteiger partial charge is 0.271 e. The lowest BCUT2D eigenvalue weighted by molar-refractivity contribution is -0.131. The molecule has 0 bridgehead atoms. The van der Waals surface area contributed by atoms with Crippen molar-refractivity contribution in [1.82, 2.24) is 20.4 Å². The summed E-state index contributed by atoms with van der Waals surface area (Å²) in [6.07, 6.45) is 0. The van der Waals surface area contributed by atoms with Gasteiger partial charge in [-0.2, -0.15) is 0 Å². The first kappa shape index (κ1) is 16.9. The number of carbonyl (C=O) groups is 2. The molecule has 2 amide bonds. The van der Waals surface area contributed by atoms with Gasteiger partial charge in [0.05, 0.1) is 0 Å². The van der Waals surface area contributed by atoms with E-state index in [1.807, 2.05) is 20.8 Å². The largest absolute Gasteiger partial charge is 0.357 e. The molecule has 1 atom stereocenters. The van der Waals surface area contributed by atoms with E-state index in [1.54, 1.807) is 24.0 Å². The van der Waals surface area contributed by atoms with Gasteiger partial charge in [0.2, 0.25) is 5.91 Å². The highest BCUT2D eigenvalue weighted by atomic mass is 16.2. The SMILES string of the molecule is CCNC(=O)c1ccc(NC(C)C(=O)N(CC)CC)nn1. The van der Waals surface area contributed by atoms with E-state index in [4.69, 9.17) is 0 Å². The lowest BCUT2D eigenvalue weighted by Gasteiger charge is -2.23. The van der Waals surface area contributed by atoms with Crippen molar-refractivity contribution in [1.29, 1.82) is 0 Å². The molecule has 0 aliphatic rings. The molecule has 1 unspecified atom stereocenters. The van der Waals surface area contributed by atoms with E-state index in [1.165, 1.54) is 0 Å². The van der Waals surface area contributed by atoms with Gasteiger partial charge in [0.1, 0.15) is 11.9 Å². The quantitative estimate of drug-likeness (QED) is 0.780. The Labute approximate surface area is 125 Å². The van der Waals surface area contributed by atoms with Gasteiger partial charge in [0, 0.05) is 19.6 Å². The van der Waals surface area contributed by atoms with Crippen molar-refractivity contribution in [2.24, 2.45) is 0 Å². The van der Waals surface area contributed by atoms with Crippen molar-refractivity contribution >= 4 is 17.6 Å². The van der Waals surface area contributed by atoms with E-state index in [9.17, 15) is 9.59 Å². The Balaban J connectivity index is 2.67. The average molecular weight is 293 g/mol. The van der Waals surface area contributed by atoms with Crippen molar-refractivity contribution in [3.8, 4) is 0 Å². The molecule has 7 heteroatoms. The van der Waals surface area contributed by atoms with E-state index < -0.39 is 6.04 Å². The van der Waals surface area contributed by atoms with Crippen LogP contribution in [-0.4, -0.2) is 52.6 Å². The Bertz CT molecular complexity index is 471. The van der Waals surface area contributed by atoms with Crippen LogP contribution in [-0.2, 0) is 4.79 Å². The third-order valence-corrected chi connectivity index (χ3v) is 3.04. The monoisotopic (exact) mass is 293 g/mol. The minimum absolute atomic E-state index is 0.00889. The average Bonchev–Trinajstić information content (AvgIpc) is 2.49. The number of rotatable bonds is 7. The lowest BCUT2D eigenvalue weighted by Crippen LogP contribution is -2.41. The maximum atomic E-state index is 12.1. The van der Waals surface area contributed by atoms with Gasteiger partial charge in [-0.25, -0.2) is 0 Å². The number of carbonyl (C=O) groups excluding carboxylic acids is 2. The second kappa shape index (κ2) is 8.18. The summed E-state index contributed by atoms with van der Waals surface area (Å²) in [7, 11) is 0. The van der Waals surface area contributed by atoms with Crippen LogP contribution in [0.5, 0.6) is 0 Å². The predicted octanol–water partition coefficient (Wildman–Crippen LogP) is 0.895. The van der Waals surface area contributed by atoms with E-state index in [0.29, 0.717) is 25.5 Å². The summed E-state index contributed by atoms with van der Waals surface area (Å²) in [5, 5.41) is 13.4. The zero-order valence-corrected chi connectivity index (χ0v) is 13.0. The van der Waals surface area contributed by atoms with Gasteiger partial charge in [0.25, 0.3) is 5.91 Å². The van der Waals surface area contributed by atoms with Gasteiger partial charge >= 0.3 is 0 Å². The molecule has 0 aliphatic heterocycles. The van der Waals surface area contributed by atoms with Crippen molar-refractivity contribution in [3.63, 3.8) is 0 Å². The second-order valence-electron chi connectivity index (χ2n) is 4.54. The highest BCUT2D eigenvalue weighted by molar-refractivity contribution is 5.92. The molecule has 1 rings (SSSR count). The van der Waals surface area contributed by atoms with Crippen molar-refractivity contribution in [2.45, 2.75) is 33.7 Å². The summed E-state index contributed by atoms with van der Waals surface area (Å²) in [5.74, 6) is 0.217. The number of aromatic nitrogens is 2. The van der Waals surface area contributed by atoms with Gasteiger partial charge in [-0.05, 0) is 39.8 Å². The molecule has 1 aromatic heterocycles. The van der Waals surface area contributed by atoms with Gasteiger partial charge in [-0.3, -0.25) is 9.59 Å². The molecule has 0 radical (unpaired) electrons. The van der Waals surface area contributed by atoms with E-state index in [-0.39, 0.29) is 17.5 Å². The summed E-state index contributed by atoms with van der Waals surface area (Å²) < 4.78 is 0. The van der Waals surface area contributed by atoms with Gasteiger partial charge in [-0.1, -0.05) is 0 Å². The molecule has 0 spiro atoms. The Morgan fingerprint density at radius 1 is 1.19 bits per heavy atom. The summed E-state index contributed by atoms with van der Waals surface area (Å²) in [6.45, 7) is 9.37. The Hall–Kier alpha value is -2.18. The van der Waals surface area contributed by atoms with Crippen LogP contribution in [0.15, 0.2) is 12.1 Å². The fourth-order valence-electron chi connectivity index (χ4n) is 1.87. The van der Waals surface area contributed by atoms with E-state index in [0.717, 1.165) is 0 Å². The molecule has 0 saturated carbocycles. The number of likely N-dealkylation sites (N-methyl/N-ethyl adjacent to an activating group) is 1. The Kier molecular flexibility index (Phi) is 6.58. The summed E-state index contributed by atoms with van der Waals surface area (Å²) >= 11 is 0. The molecular weight excluding hydrogens is 270 g/mol. The van der Waals surface area contributed by atoms with Gasteiger partial charge in [0.15, 0.2) is 5.69 Å². The van der Waals surface area contributed by atoms with Crippen LogP contribution in [0.4, 0.5) is 5.82 Å². The van der Waals surface area contributed by atoms with Crippen LogP contribution >= 0.6 is 0 Å². The fourth-order valence-corrected chi connectivity index (χ4v) is 1.87. The highest BCUT2D eigenvalue weighted by Crippen LogP contribution is 2.06. The van der Waals surface area contributed by atoms with Crippen LogP contribution in [0.3, 0.4) is 0 Å². The van der Waals surface area contributed by atoms with Gasteiger partial charge < -0.3 is 15.5 Å². The lowest BCUT2D eigenvalue weighted by atomic mass is 10.2. The summed E-state index contributed by atoms with van der Waals surface area (Å²) in [5.41, 5.74) is 0.255. The third kappa shape index (κ3) is 4.70. The molecule has 7 nitrogen and oxygen atoms in total. The Morgan fingerprint density at radius 2 is 1.86 bits per heavy atom. The molecule has 0 fully saturated rings. The third-order valence-electron chi connectivity index (χ3n) is 3.04. The number of anilines is 1. The van der Waals surface area contributed by atoms with Gasteiger partial charge in [-0.15, -0.1) is 10.2 Å².